The molecule has 2 heterocycles. The normalized spacial score (nSPS) is 11.3. The van der Waals surface area contributed by atoms with Gasteiger partial charge in [0, 0.05) is 32.7 Å². The summed E-state index contributed by atoms with van der Waals surface area (Å²) in [5, 5.41) is 24.5. The van der Waals surface area contributed by atoms with Crippen LogP contribution in [-0.2, 0) is 0 Å². The van der Waals surface area contributed by atoms with Crippen LogP contribution in [0.15, 0.2) is 133 Å². The van der Waals surface area contributed by atoms with Gasteiger partial charge >= 0.3 is 0 Å². The first-order chi connectivity index (χ1) is 20.8. The molecule has 0 amide bonds. The third kappa shape index (κ3) is 3.33. The maximum atomic E-state index is 10.2. The lowest BCUT2D eigenvalue weighted by Gasteiger charge is -2.21. The molecular formula is C38H22N4. The number of benzene rings is 6. The molecule has 194 valence electrons. The van der Waals surface area contributed by atoms with Crippen LogP contribution in [0.3, 0.4) is 0 Å². The van der Waals surface area contributed by atoms with Crippen LogP contribution in [0.1, 0.15) is 11.1 Å². The van der Waals surface area contributed by atoms with Gasteiger partial charge in [0.25, 0.3) is 0 Å². The van der Waals surface area contributed by atoms with E-state index in [0.717, 1.165) is 55.3 Å². The number of nitrogens with zero attached hydrogens (tertiary/aromatic N) is 4. The van der Waals surface area contributed by atoms with E-state index in [1.807, 2.05) is 6.07 Å². The second-order valence-corrected chi connectivity index (χ2v) is 10.4. The highest BCUT2D eigenvalue weighted by molar-refractivity contribution is 6.12. The zero-order chi connectivity index (χ0) is 28.2. The molecule has 4 nitrogen and oxygen atoms in total. The van der Waals surface area contributed by atoms with Crippen molar-refractivity contribution >= 4 is 43.6 Å². The summed E-state index contributed by atoms with van der Waals surface area (Å²) >= 11 is 0. The van der Waals surface area contributed by atoms with E-state index in [1.165, 1.54) is 10.8 Å². The Morgan fingerprint density at radius 2 is 0.929 bits per heavy atom. The third-order valence-corrected chi connectivity index (χ3v) is 8.20. The molecule has 0 N–H and O–H groups in total. The summed E-state index contributed by atoms with van der Waals surface area (Å²) in [5.74, 6) is 0. The first-order valence-corrected chi connectivity index (χ1v) is 13.8. The first kappa shape index (κ1) is 23.8. The van der Waals surface area contributed by atoms with Gasteiger partial charge in [-0.15, -0.1) is 0 Å². The van der Waals surface area contributed by atoms with Crippen LogP contribution in [0.4, 0.5) is 0 Å². The number of fused-ring (bicyclic) bond motifs is 6. The number of rotatable bonds is 3. The van der Waals surface area contributed by atoms with Crippen molar-refractivity contribution in [1.29, 1.82) is 10.5 Å². The Balaban J connectivity index is 1.60. The lowest BCUT2D eigenvalue weighted by molar-refractivity contribution is 1.10. The van der Waals surface area contributed by atoms with Crippen molar-refractivity contribution in [2.24, 2.45) is 0 Å². The van der Waals surface area contributed by atoms with Gasteiger partial charge in [0.15, 0.2) is 0 Å². The van der Waals surface area contributed by atoms with Gasteiger partial charge in [0.2, 0.25) is 0 Å². The molecule has 0 saturated carbocycles. The molecule has 0 fully saturated rings. The molecule has 0 atom stereocenters. The molecule has 0 spiro atoms. The second kappa shape index (κ2) is 9.24. The second-order valence-electron chi connectivity index (χ2n) is 10.4. The van der Waals surface area contributed by atoms with Gasteiger partial charge in [-0.05, 0) is 42.5 Å². The van der Waals surface area contributed by atoms with E-state index in [1.54, 1.807) is 12.1 Å². The third-order valence-electron chi connectivity index (χ3n) is 8.20. The van der Waals surface area contributed by atoms with E-state index in [4.69, 9.17) is 0 Å². The molecule has 0 bridgehead atoms. The molecule has 0 saturated heterocycles. The maximum Gasteiger partial charge on any atom is 0.0998 e. The van der Waals surface area contributed by atoms with Crippen molar-refractivity contribution < 1.29 is 0 Å². The highest BCUT2D eigenvalue weighted by atomic mass is 15.1. The predicted octanol–water partition coefficient (Wildman–Crippen LogP) is 9.29. The number of hydrogen-bond acceptors (Lipinski definition) is 2. The van der Waals surface area contributed by atoms with Crippen LogP contribution in [0.5, 0.6) is 0 Å². The van der Waals surface area contributed by atoms with Crippen LogP contribution < -0.4 is 0 Å². The largest absolute Gasteiger partial charge is 0.307 e. The van der Waals surface area contributed by atoms with Gasteiger partial charge in [-0.3, -0.25) is 0 Å². The number of para-hydroxylation sites is 5. The smallest absolute Gasteiger partial charge is 0.0998 e. The van der Waals surface area contributed by atoms with Crippen LogP contribution in [-0.4, -0.2) is 9.13 Å². The first-order valence-electron chi connectivity index (χ1n) is 13.8. The van der Waals surface area contributed by atoms with Crippen LogP contribution >= 0.6 is 0 Å². The van der Waals surface area contributed by atoms with Gasteiger partial charge in [0.1, 0.15) is 0 Å². The van der Waals surface area contributed by atoms with Gasteiger partial charge in [-0.1, -0.05) is 91.0 Å². The summed E-state index contributed by atoms with van der Waals surface area (Å²) < 4.78 is 4.67. The van der Waals surface area contributed by atoms with Crippen LogP contribution in [0.25, 0.3) is 66.1 Å². The Bertz CT molecular complexity index is 2340. The molecule has 0 radical (unpaired) electrons. The summed E-state index contributed by atoms with van der Waals surface area (Å²) in [6.45, 7) is 0. The molecular weight excluding hydrogens is 512 g/mol. The fraction of sp³-hybridized carbons (Fsp3) is 0. The Kier molecular flexibility index (Phi) is 5.22. The van der Waals surface area contributed by atoms with E-state index < -0.39 is 0 Å². The van der Waals surface area contributed by atoms with E-state index >= 15 is 0 Å². The van der Waals surface area contributed by atoms with Crippen molar-refractivity contribution in [1.82, 2.24) is 9.13 Å². The maximum absolute atomic E-state index is 10.2. The highest BCUT2D eigenvalue weighted by Gasteiger charge is 2.23. The van der Waals surface area contributed by atoms with Crippen molar-refractivity contribution in [3.63, 3.8) is 0 Å². The molecule has 42 heavy (non-hydrogen) atoms. The van der Waals surface area contributed by atoms with E-state index in [2.05, 4.69) is 137 Å². The minimum absolute atomic E-state index is 0.465. The summed E-state index contributed by atoms with van der Waals surface area (Å²) in [7, 11) is 0. The Labute approximate surface area is 242 Å². The van der Waals surface area contributed by atoms with E-state index in [-0.39, 0.29) is 0 Å². The molecule has 0 aliphatic rings. The molecule has 0 unspecified atom stereocenters. The Hall–Kier alpha value is -6.10. The quantitative estimate of drug-likeness (QED) is 0.227. The summed E-state index contributed by atoms with van der Waals surface area (Å²) in [5.41, 5.74) is 9.00. The minimum Gasteiger partial charge on any atom is -0.307 e. The standard InChI is InChI=1S/C38H22N4/c39-23-25-20-21-27(26(22-25)24-40)32-14-9-19-37(41-33-15-5-1-10-28(33)29-11-2-6-16-34(29)41)38(32)42-35-17-7-3-12-30(35)31-13-4-8-18-36(31)42/h1-22H. The summed E-state index contributed by atoms with van der Waals surface area (Å²) in [4.78, 5) is 0. The topological polar surface area (TPSA) is 57.4 Å². The van der Waals surface area contributed by atoms with Gasteiger partial charge in [0.05, 0.1) is 56.7 Å². The molecule has 0 aliphatic carbocycles. The number of nitriles is 2. The molecule has 0 aliphatic heterocycles. The predicted molar refractivity (Wildman–Crippen MR) is 170 cm³/mol. The van der Waals surface area contributed by atoms with Gasteiger partial charge in [-0.2, -0.15) is 10.5 Å². The molecule has 8 aromatic rings. The fourth-order valence-electron chi connectivity index (χ4n) is 6.45. The van der Waals surface area contributed by atoms with E-state index in [0.29, 0.717) is 11.1 Å². The molecule has 2 aromatic heterocycles. The van der Waals surface area contributed by atoms with Gasteiger partial charge in [-0.25, -0.2) is 0 Å². The summed E-state index contributed by atoms with van der Waals surface area (Å²) in [6, 6.07) is 50.2. The van der Waals surface area contributed by atoms with Crippen molar-refractivity contribution in [3.05, 3.63) is 145 Å². The average molecular weight is 535 g/mol. The SMILES string of the molecule is N#Cc1ccc(-c2cccc(-n3c4ccccc4c4ccccc43)c2-n2c3ccccc3c3ccccc32)c(C#N)c1. The van der Waals surface area contributed by atoms with Crippen molar-refractivity contribution in [2.75, 3.05) is 0 Å². The zero-order valence-corrected chi connectivity index (χ0v) is 22.5. The Morgan fingerprint density at radius 1 is 0.429 bits per heavy atom. The van der Waals surface area contributed by atoms with Crippen molar-refractivity contribution in [2.45, 2.75) is 0 Å². The minimum atomic E-state index is 0.465. The zero-order valence-electron chi connectivity index (χ0n) is 22.5. The monoisotopic (exact) mass is 534 g/mol. The van der Waals surface area contributed by atoms with Crippen LogP contribution in [0, 0.1) is 22.7 Å². The van der Waals surface area contributed by atoms with Crippen LogP contribution in [0.2, 0.25) is 0 Å². The van der Waals surface area contributed by atoms with E-state index in [9.17, 15) is 10.5 Å². The molecule has 6 aromatic carbocycles. The lowest BCUT2D eigenvalue weighted by Crippen LogP contribution is -2.06. The Morgan fingerprint density at radius 3 is 1.43 bits per heavy atom. The highest BCUT2D eigenvalue weighted by Crippen LogP contribution is 2.42. The number of hydrogen-bond donors (Lipinski definition) is 0. The van der Waals surface area contributed by atoms with Crippen molar-refractivity contribution in [3.8, 4) is 34.6 Å². The number of aromatic nitrogens is 2. The van der Waals surface area contributed by atoms with Gasteiger partial charge < -0.3 is 9.13 Å². The molecule has 8 rings (SSSR count). The average Bonchev–Trinajstić information content (AvgIpc) is 3.57. The summed E-state index contributed by atoms with van der Waals surface area (Å²) in [6.07, 6.45) is 0. The molecule has 4 heteroatoms. The lowest BCUT2D eigenvalue weighted by atomic mass is 9.95. The fourth-order valence-corrected chi connectivity index (χ4v) is 6.45.